The molecule has 134 valence electrons. The van der Waals surface area contributed by atoms with Crippen LogP contribution < -0.4 is 5.32 Å². The molecule has 0 aromatic heterocycles. The quantitative estimate of drug-likeness (QED) is 0.735. The van der Waals surface area contributed by atoms with Gasteiger partial charge in [0.05, 0.1) is 0 Å². The summed E-state index contributed by atoms with van der Waals surface area (Å²) in [6, 6.07) is -0.0799. The number of carbonyl (C=O) groups excluding carboxylic acids is 1. The van der Waals surface area contributed by atoms with Crippen LogP contribution in [0.1, 0.15) is 53.9 Å². The summed E-state index contributed by atoms with van der Waals surface area (Å²) in [5.41, 5.74) is 0.407. The molecule has 0 bridgehead atoms. The van der Waals surface area contributed by atoms with Crippen LogP contribution in [0.4, 0.5) is 4.79 Å². The van der Waals surface area contributed by atoms with Crippen molar-refractivity contribution in [2.24, 2.45) is 5.41 Å². The smallest absolute Gasteiger partial charge is 0.317 e. The monoisotopic (exact) mass is 327 g/mol. The lowest BCUT2D eigenvalue weighted by molar-refractivity contribution is -0.137. The highest BCUT2D eigenvalue weighted by molar-refractivity contribution is 5.74. The fraction of sp³-hybridized carbons (Fsp3) is 0.882. The van der Waals surface area contributed by atoms with E-state index in [1.54, 1.807) is 0 Å². The van der Waals surface area contributed by atoms with Crippen LogP contribution in [0, 0.1) is 5.41 Å². The zero-order chi connectivity index (χ0) is 17.7. The van der Waals surface area contributed by atoms with Gasteiger partial charge in [-0.3, -0.25) is 9.69 Å². The molecule has 1 heterocycles. The van der Waals surface area contributed by atoms with E-state index in [0.29, 0.717) is 13.0 Å². The molecule has 6 nitrogen and oxygen atoms in total. The van der Waals surface area contributed by atoms with Crippen molar-refractivity contribution in [1.82, 2.24) is 15.1 Å². The second-order valence-corrected chi connectivity index (χ2v) is 8.25. The maximum absolute atomic E-state index is 12.1. The van der Waals surface area contributed by atoms with Crippen LogP contribution in [-0.2, 0) is 4.79 Å². The first kappa shape index (κ1) is 19.7. The Morgan fingerprint density at radius 1 is 1.04 bits per heavy atom. The Morgan fingerprint density at radius 3 is 2.09 bits per heavy atom. The third-order valence-corrected chi connectivity index (χ3v) is 4.23. The summed E-state index contributed by atoms with van der Waals surface area (Å²) in [4.78, 5) is 26.8. The van der Waals surface area contributed by atoms with E-state index in [-0.39, 0.29) is 23.4 Å². The van der Waals surface area contributed by atoms with Gasteiger partial charge in [0.25, 0.3) is 0 Å². The number of carboxylic acid groups (broad SMARTS) is 1. The molecule has 23 heavy (non-hydrogen) atoms. The molecular weight excluding hydrogens is 294 g/mol. The number of urea groups is 1. The van der Waals surface area contributed by atoms with E-state index in [1.807, 2.05) is 4.90 Å². The van der Waals surface area contributed by atoms with Crippen molar-refractivity contribution in [2.75, 3.05) is 32.7 Å². The van der Waals surface area contributed by atoms with E-state index in [4.69, 9.17) is 5.11 Å². The van der Waals surface area contributed by atoms with Crippen molar-refractivity contribution in [3.05, 3.63) is 0 Å². The molecule has 1 rings (SSSR count). The van der Waals surface area contributed by atoms with Crippen molar-refractivity contribution in [3.63, 3.8) is 0 Å². The fourth-order valence-electron chi connectivity index (χ4n) is 3.47. The van der Waals surface area contributed by atoms with E-state index in [9.17, 15) is 9.59 Å². The van der Waals surface area contributed by atoms with Gasteiger partial charge in [-0.1, -0.05) is 20.8 Å². The molecular formula is C17H33N3O3. The molecule has 0 atom stereocenters. The summed E-state index contributed by atoms with van der Waals surface area (Å²) in [6.07, 6.45) is 1.68. The van der Waals surface area contributed by atoms with Gasteiger partial charge in [0.1, 0.15) is 0 Å². The molecule has 1 aliphatic heterocycles. The van der Waals surface area contributed by atoms with Gasteiger partial charge in [0.2, 0.25) is 0 Å². The average Bonchev–Trinajstić information content (AvgIpc) is 2.40. The predicted molar refractivity (Wildman–Crippen MR) is 91.6 cm³/mol. The van der Waals surface area contributed by atoms with Crippen LogP contribution in [0.2, 0.25) is 0 Å². The molecule has 1 saturated heterocycles. The normalized spacial score (nSPS) is 17.2. The minimum Gasteiger partial charge on any atom is -0.481 e. The van der Waals surface area contributed by atoms with Gasteiger partial charge in [-0.15, -0.1) is 0 Å². The van der Waals surface area contributed by atoms with Crippen molar-refractivity contribution in [2.45, 2.75) is 59.4 Å². The van der Waals surface area contributed by atoms with Crippen LogP contribution >= 0.6 is 0 Å². The molecule has 0 aliphatic carbocycles. The lowest BCUT2D eigenvalue weighted by Crippen LogP contribution is -2.58. The van der Waals surface area contributed by atoms with Crippen LogP contribution in [0.3, 0.4) is 0 Å². The second kappa shape index (κ2) is 7.99. The molecule has 2 amide bonds. The highest BCUT2D eigenvalue weighted by atomic mass is 16.4. The minimum atomic E-state index is -0.825. The van der Waals surface area contributed by atoms with Crippen LogP contribution in [0.5, 0.6) is 0 Å². The summed E-state index contributed by atoms with van der Waals surface area (Å²) >= 11 is 0. The molecule has 1 aliphatic rings. The summed E-state index contributed by atoms with van der Waals surface area (Å²) in [6.45, 7) is 15.0. The molecule has 6 heteroatoms. The zero-order valence-electron chi connectivity index (χ0n) is 15.3. The van der Waals surface area contributed by atoms with Gasteiger partial charge >= 0.3 is 12.0 Å². The number of hydrogen-bond donors (Lipinski definition) is 2. The number of nitrogens with zero attached hydrogens (tertiary/aromatic N) is 2. The van der Waals surface area contributed by atoms with E-state index < -0.39 is 5.97 Å². The van der Waals surface area contributed by atoms with Crippen molar-refractivity contribution in [1.29, 1.82) is 0 Å². The number of rotatable bonds is 6. The van der Waals surface area contributed by atoms with E-state index in [0.717, 1.165) is 32.6 Å². The second-order valence-electron chi connectivity index (χ2n) is 8.25. The van der Waals surface area contributed by atoms with Crippen LogP contribution in [0.25, 0.3) is 0 Å². The highest BCUT2D eigenvalue weighted by Crippen LogP contribution is 2.31. The SMILES string of the molecule is CC(C)(C)CC(C)(C)N1CCN(C(=O)NCCCC(=O)O)CC1. The van der Waals surface area contributed by atoms with Crippen LogP contribution in [-0.4, -0.2) is 65.2 Å². The van der Waals surface area contributed by atoms with E-state index in [2.05, 4.69) is 44.8 Å². The summed E-state index contributed by atoms with van der Waals surface area (Å²) < 4.78 is 0. The Hall–Kier alpha value is -1.30. The summed E-state index contributed by atoms with van der Waals surface area (Å²) in [5, 5.41) is 11.4. The molecule has 0 aromatic rings. The Bertz CT molecular complexity index is 408. The Labute approximate surface area is 140 Å². The number of piperazine rings is 1. The van der Waals surface area contributed by atoms with Gasteiger partial charge in [0.15, 0.2) is 0 Å². The van der Waals surface area contributed by atoms with E-state index in [1.165, 1.54) is 0 Å². The van der Waals surface area contributed by atoms with Crippen LogP contribution in [0.15, 0.2) is 0 Å². The predicted octanol–water partition coefficient (Wildman–Crippen LogP) is 2.39. The van der Waals surface area contributed by atoms with Crippen molar-refractivity contribution >= 4 is 12.0 Å². The highest BCUT2D eigenvalue weighted by Gasteiger charge is 2.34. The van der Waals surface area contributed by atoms with Crippen molar-refractivity contribution in [3.8, 4) is 0 Å². The largest absolute Gasteiger partial charge is 0.481 e. The molecule has 1 fully saturated rings. The molecule has 0 radical (unpaired) electrons. The van der Waals surface area contributed by atoms with Gasteiger partial charge in [0, 0.05) is 44.7 Å². The first-order chi connectivity index (χ1) is 10.5. The lowest BCUT2D eigenvalue weighted by atomic mass is 9.80. The van der Waals surface area contributed by atoms with Gasteiger partial charge in [-0.05, 0) is 32.1 Å². The fourth-order valence-corrected chi connectivity index (χ4v) is 3.47. The molecule has 0 unspecified atom stereocenters. The topological polar surface area (TPSA) is 72.9 Å². The standard InChI is InChI=1S/C17H33N3O3/c1-16(2,3)13-17(4,5)20-11-9-19(10-12-20)15(23)18-8-6-7-14(21)22/h6-13H2,1-5H3,(H,18,23)(H,21,22). The maximum Gasteiger partial charge on any atom is 0.317 e. The number of carbonyl (C=O) groups is 2. The number of hydrogen-bond acceptors (Lipinski definition) is 3. The molecule has 0 saturated carbocycles. The lowest BCUT2D eigenvalue weighted by Gasteiger charge is -2.46. The third-order valence-electron chi connectivity index (χ3n) is 4.23. The molecule has 0 spiro atoms. The summed E-state index contributed by atoms with van der Waals surface area (Å²) in [7, 11) is 0. The number of aliphatic carboxylic acids is 1. The minimum absolute atomic E-state index is 0.0799. The molecule has 2 N–H and O–H groups in total. The average molecular weight is 327 g/mol. The zero-order valence-corrected chi connectivity index (χ0v) is 15.3. The molecule has 0 aromatic carbocycles. The Morgan fingerprint density at radius 2 is 1.61 bits per heavy atom. The number of carboxylic acids is 1. The van der Waals surface area contributed by atoms with E-state index >= 15 is 0 Å². The first-order valence-corrected chi connectivity index (χ1v) is 8.51. The van der Waals surface area contributed by atoms with Gasteiger partial charge in [-0.2, -0.15) is 0 Å². The number of amides is 2. The maximum atomic E-state index is 12.1. The van der Waals surface area contributed by atoms with Gasteiger partial charge < -0.3 is 15.3 Å². The van der Waals surface area contributed by atoms with Gasteiger partial charge in [-0.25, -0.2) is 4.79 Å². The third kappa shape index (κ3) is 7.20. The van der Waals surface area contributed by atoms with Crippen molar-refractivity contribution < 1.29 is 14.7 Å². The first-order valence-electron chi connectivity index (χ1n) is 8.51. The number of nitrogens with one attached hydrogen (secondary N) is 1. The Balaban J connectivity index is 2.37. The summed E-state index contributed by atoms with van der Waals surface area (Å²) in [5.74, 6) is -0.825. The Kier molecular flexibility index (Phi) is 6.86.